The fourth-order valence-electron chi connectivity index (χ4n) is 1.38. The predicted octanol–water partition coefficient (Wildman–Crippen LogP) is 2.83. The highest BCUT2D eigenvalue weighted by atomic mass is 15.1. The van der Waals surface area contributed by atoms with Crippen molar-refractivity contribution in [3.8, 4) is 0 Å². The largest absolute Gasteiger partial charge is 0.385 e. The number of para-hydroxylation sites is 1. The molecule has 0 atom stereocenters. The molecule has 0 saturated carbocycles. The highest BCUT2D eigenvalue weighted by Crippen LogP contribution is 2.04. The van der Waals surface area contributed by atoms with E-state index in [1.165, 1.54) is 12.1 Å². The molecule has 1 rings (SSSR count). The summed E-state index contributed by atoms with van der Waals surface area (Å²) in [5.41, 5.74) is 1.21. The van der Waals surface area contributed by atoms with Gasteiger partial charge in [0.15, 0.2) is 0 Å². The first-order valence-electron chi connectivity index (χ1n) is 5.69. The zero-order chi connectivity index (χ0) is 11.1. The summed E-state index contributed by atoms with van der Waals surface area (Å²) in [5, 5.41) is 3.41. The molecule has 15 heavy (non-hydrogen) atoms. The first kappa shape index (κ1) is 12.1. The van der Waals surface area contributed by atoms with Crippen LogP contribution in [0.4, 0.5) is 5.69 Å². The number of hydrogen-bond acceptors (Lipinski definition) is 2. The SMILES string of the molecule is CC(C)N(C)CCCNc1ccccc1. The van der Waals surface area contributed by atoms with E-state index in [-0.39, 0.29) is 0 Å². The molecule has 84 valence electrons. The van der Waals surface area contributed by atoms with E-state index in [0.29, 0.717) is 6.04 Å². The van der Waals surface area contributed by atoms with Crippen molar-refractivity contribution in [1.29, 1.82) is 0 Å². The van der Waals surface area contributed by atoms with Gasteiger partial charge in [-0.3, -0.25) is 0 Å². The van der Waals surface area contributed by atoms with Crippen LogP contribution in [-0.4, -0.2) is 31.1 Å². The summed E-state index contributed by atoms with van der Waals surface area (Å²) in [4.78, 5) is 2.37. The lowest BCUT2D eigenvalue weighted by Gasteiger charge is -2.20. The van der Waals surface area contributed by atoms with Gasteiger partial charge in [-0.15, -0.1) is 0 Å². The maximum absolute atomic E-state index is 3.41. The number of rotatable bonds is 6. The van der Waals surface area contributed by atoms with Crippen LogP contribution in [0.2, 0.25) is 0 Å². The molecule has 0 radical (unpaired) electrons. The van der Waals surface area contributed by atoms with Crippen LogP contribution in [0, 0.1) is 0 Å². The van der Waals surface area contributed by atoms with Crippen LogP contribution >= 0.6 is 0 Å². The number of nitrogens with zero attached hydrogens (tertiary/aromatic N) is 1. The fourth-order valence-corrected chi connectivity index (χ4v) is 1.38. The normalized spacial score (nSPS) is 11.0. The maximum Gasteiger partial charge on any atom is 0.0340 e. The fraction of sp³-hybridized carbons (Fsp3) is 0.538. The predicted molar refractivity (Wildman–Crippen MR) is 67.3 cm³/mol. The molecule has 1 aromatic rings. The Balaban J connectivity index is 2.12. The number of nitrogens with one attached hydrogen (secondary N) is 1. The van der Waals surface area contributed by atoms with E-state index in [0.717, 1.165) is 13.1 Å². The second-order valence-corrected chi connectivity index (χ2v) is 4.22. The quantitative estimate of drug-likeness (QED) is 0.720. The van der Waals surface area contributed by atoms with E-state index in [1.54, 1.807) is 0 Å². The van der Waals surface area contributed by atoms with Crippen LogP contribution in [0.5, 0.6) is 0 Å². The Morgan fingerprint density at radius 1 is 1.20 bits per heavy atom. The van der Waals surface area contributed by atoms with Crippen LogP contribution < -0.4 is 5.32 Å². The zero-order valence-corrected chi connectivity index (χ0v) is 10.0. The van der Waals surface area contributed by atoms with E-state index in [2.05, 4.69) is 55.4 Å². The summed E-state index contributed by atoms with van der Waals surface area (Å²) >= 11 is 0. The van der Waals surface area contributed by atoms with E-state index in [1.807, 2.05) is 6.07 Å². The van der Waals surface area contributed by atoms with Crippen molar-refractivity contribution in [3.05, 3.63) is 30.3 Å². The number of hydrogen-bond donors (Lipinski definition) is 1. The van der Waals surface area contributed by atoms with E-state index in [9.17, 15) is 0 Å². The molecule has 2 nitrogen and oxygen atoms in total. The van der Waals surface area contributed by atoms with Crippen LogP contribution in [0.3, 0.4) is 0 Å². The van der Waals surface area contributed by atoms with Gasteiger partial charge in [0.1, 0.15) is 0 Å². The summed E-state index contributed by atoms with van der Waals surface area (Å²) < 4.78 is 0. The lowest BCUT2D eigenvalue weighted by atomic mass is 10.3. The van der Waals surface area contributed by atoms with Crippen LogP contribution in [0.1, 0.15) is 20.3 Å². The Kier molecular flexibility index (Phi) is 5.19. The van der Waals surface area contributed by atoms with Gasteiger partial charge < -0.3 is 10.2 Å². The highest BCUT2D eigenvalue weighted by molar-refractivity contribution is 5.42. The van der Waals surface area contributed by atoms with Gasteiger partial charge in [-0.1, -0.05) is 18.2 Å². The molecule has 2 heteroatoms. The molecule has 0 unspecified atom stereocenters. The molecule has 0 heterocycles. The Labute approximate surface area is 93.3 Å². The number of benzene rings is 1. The summed E-state index contributed by atoms with van der Waals surface area (Å²) in [6, 6.07) is 11.0. The maximum atomic E-state index is 3.41. The molecule has 0 spiro atoms. The van der Waals surface area contributed by atoms with Gasteiger partial charge in [0.05, 0.1) is 0 Å². The standard InChI is InChI=1S/C13H22N2/c1-12(2)15(3)11-7-10-14-13-8-5-4-6-9-13/h4-6,8-9,12,14H,7,10-11H2,1-3H3. The molecule has 1 N–H and O–H groups in total. The minimum Gasteiger partial charge on any atom is -0.385 e. The first-order chi connectivity index (χ1) is 7.20. The molecule has 0 aromatic heterocycles. The Hall–Kier alpha value is -1.02. The molecule has 1 aromatic carbocycles. The molecule has 0 bridgehead atoms. The first-order valence-corrected chi connectivity index (χ1v) is 5.69. The van der Waals surface area contributed by atoms with E-state index in [4.69, 9.17) is 0 Å². The van der Waals surface area contributed by atoms with Crippen molar-refractivity contribution in [3.63, 3.8) is 0 Å². The molecule has 0 saturated heterocycles. The van der Waals surface area contributed by atoms with Crippen molar-refractivity contribution in [2.75, 3.05) is 25.5 Å². The molecular weight excluding hydrogens is 184 g/mol. The summed E-state index contributed by atoms with van der Waals surface area (Å²) in [6.45, 7) is 6.65. The van der Waals surface area contributed by atoms with Crippen molar-refractivity contribution < 1.29 is 0 Å². The van der Waals surface area contributed by atoms with Gasteiger partial charge in [-0.05, 0) is 46.0 Å². The lowest BCUT2D eigenvalue weighted by molar-refractivity contribution is 0.273. The zero-order valence-electron chi connectivity index (χ0n) is 10.0. The van der Waals surface area contributed by atoms with Crippen LogP contribution in [0.25, 0.3) is 0 Å². The average molecular weight is 206 g/mol. The number of anilines is 1. The molecule has 0 aliphatic carbocycles. The average Bonchev–Trinajstić information content (AvgIpc) is 2.25. The second-order valence-electron chi connectivity index (χ2n) is 4.22. The van der Waals surface area contributed by atoms with Gasteiger partial charge >= 0.3 is 0 Å². The molecule has 0 amide bonds. The van der Waals surface area contributed by atoms with Crippen LogP contribution in [-0.2, 0) is 0 Å². The summed E-state index contributed by atoms with van der Waals surface area (Å²) in [7, 11) is 2.17. The summed E-state index contributed by atoms with van der Waals surface area (Å²) in [6.07, 6.45) is 1.18. The third-order valence-electron chi connectivity index (χ3n) is 2.67. The molecule has 0 fully saturated rings. The van der Waals surface area contributed by atoms with Gasteiger partial charge in [-0.2, -0.15) is 0 Å². The second kappa shape index (κ2) is 6.46. The third kappa shape index (κ3) is 4.84. The van der Waals surface area contributed by atoms with Crippen molar-refractivity contribution in [2.24, 2.45) is 0 Å². The Morgan fingerprint density at radius 3 is 2.47 bits per heavy atom. The third-order valence-corrected chi connectivity index (χ3v) is 2.67. The monoisotopic (exact) mass is 206 g/mol. The Bertz CT molecular complexity index is 256. The van der Waals surface area contributed by atoms with Gasteiger partial charge in [0.25, 0.3) is 0 Å². The van der Waals surface area contributed by atoms with Crippen molar-refractivity contribution >= 4 is 5.69 Å². The van der Waals surface area contributed by atoms with Crippen LogP contribution in [0.15, 0.2) is 30.3 Å². The Morgan fingerprint density at radius 2 is 1.87 bits per heavy atom. The molecule has 0 aliphatic rings. The van der Waals surface area contributed by atoms with Gasteiger partial charge in [-0.25, -0.2) is 0 Å². The topological polar surface area (TPSA) is 15.3 Å². The smallest absolute Gasteiger partial charge is 0.0340 e. The van der Waals surface area contributed by atoms with E-state index < -0.39 is 0 Å². The van der Waals surface area contributed by atoms with Crippen molar-refractivity contribution in [1.82, 2.24) is 4.90 Å². The van der Waals surface area contributed by atoms with Crippen molar-refractivity contribution in [2.45, 2.75) is 26.3 Å². The molecular formula is C13H22N2. The molecule has 0 aliphatic heterocycles. The van der Waals surface area contributed by atoms with Gasteiger partial charge in [0, 0.05) is 18.3 Å². The summed E-state index contributed by atoms with van der Waals surface area (Å²) in [5.74, 6) is 0. The van der Waals surface area contributed by atoms with Gasteiger partial charge in [0.2, 0.25) is 0 Å². The minimum atomic E-state index is 0.640. The highest BCUT2D eigenvalue weighted by Gasteiger charge is 2.01. The van der Waals surface area contributed by atoms with E-state index >= 15 is 0 Å². The minimum absolute atomic E-state index is 0.640. The lowest BCUT2D eigenvalue weighted by Crippen LogP contribution is -2.28.